The number of aliphatic carboxylic acids is 1. The van der Waals surface area contributed by atoms with Gasteiger partial charge in [0.05, 0.1) is 18.8 Å². The summed E-state index contributed by atoms with van der Waals surface area (Å²) < 4.78 is 39.0. The van der Waals surface area contributed by atoms with Crippen molar-refractivity contribution in [3.8, 4) is 17.1 Å². The van der Waals surface area contributed by atoms with Crippen LogP contribution in [-0.2, 0) is 4.79 Å². The molecule has 0 atom stereocenters. The smallest absolute Gasteiger partial charge is 0.490 e. The Balaban J connectivity index is 0.000000260. The van der Waals surface area contributed by atoms with Gasteiger partial charge in [0.25, 0.3) is 0 Å². The minimum atomic E-state index is -5.08. The number of hydrogen-bond acceptors (Lipinski definition) is 5. The first kappa shape index (κ1) is 18.2. The highest BCUT2D eigenvalue weighted by atomic mass is 19.4. The van der Waals surface area contributed by atoms with Gasteiger partial charge >= 0.3 is 12.1 Å². The molecule has 2 N–H and O–H groups in total. The number of carbonyl (C=O) groups is 1. The minimum Gasteiger partial charge on any atom is -0.497 e. The number of halogens is 3. The second kappa shape index (κ2) is 6.94. The first-order valence-corrected chi connectivity index (χ1v) is 7.43. The number of rotatable bonds is 2. The van der Waals surface area contributed by atoms with Gasteiger partial charge in [0.2, 0.25) is 0 Å². The number of carboxylic acid groups (broad SMARTS) is 1. The highest BCUT2D eigenvalue weighted by Crippen LogP contribution is 2.25. The molecule has 0 radical (unpaired) electrons. The molecule has 4 rings (SSSR count). The van der Waals surface area contributed by atoms with Crippen molar-refractivity contribution < 1.29 is 27.8 Å². The first-order valence-electron chi connectivity index (χ1n) is 7.43. The van der Waals surface area contributed by atoms with E-state index in [1.165, 1.54) is 0 Å². The topological polar surface area (TPSA) is 105 Å². The quantitative estimate of drug-likeness (QED) is 0.555. The molecule has 140 valence electrons. The molecule has 11 heteroatoms. The van der Waals surface area contributed by atoms with Gasteiger partial charge in [-0.1, -0.05) is 12.1 Å². The van der Waals surface area contributed by atoms with Crippen molar-refractivity contribution >= 4 is 22.8 Å². The highest BCUT2D eigenvalue weighted by Gasteiger charge is 2.38. The normalized spacial score (nSPS) is 11.3. The van der Waals surface area contributed by atoms with Crippen LogP contribution < -0.4 is 4.74 Å². The molecule has 0 saturated heterocycles. The SMILES string of the molecule is COc1cccc(-c2nnc3cnc4[nH]ccc4n23)c1.O=C(O)C(F)(F)F. The zero-order chi connectivity index (χ0) is 19.6. The van der Waals surface area contributed by atoms with Crippen LogP contribution in [0.3, 0.4) is 0 Å². The van der Waals surface area contributed by atoms with E-state index in [0.717, 1.165) is 33.9 Å². The number of fused-ring (bicyclic) bond motifs is 3. The van der Waals surface area contributed by atoms with Gasteiger partial charge in [0, 0.05) is 11.8 Å². The Morgan fingerprint density at radius 3 is 2.67 bits per heavy atom. The zero-order valence-electron chi connectivity index (χ0n) is 13.7. The molecule has 8 nitrogen and oxygen atoms in total. The van der Waals surface area contributed by atoms with E-state index in [1.807, 2.05) is 40.9 Å². The number of nitrogens with one attached hydrogen (secondary N) is 1. The molecule has 0 bridgehead atoms. The summed E-state index contributed by atoms with van der Waals surface area (Å²) in [5.74, 6) is -1.20. The van der Waals surface area contributed by atoms with Crippen molar-refractivity contribution in [1.29, 1.82) is 0 Å². The van der Waals surface area contributed by atoms with Crippen molar-refractivity contribution in [3.05, 3.63) is 42.7 Å². The molecule has 0 aliphatic carbocycles. The van der Waals surface area contributed by atoms with E-state index in [9.17, 15) is 13.2 Å². The van der Waals surface area contributed by atoms with Gasteiger partial charge in [0.15, 0.2) is 17.1 Å². The van der Waals surface area contributed by atoms with Crippen molar-refractivity contribution in [1.82, 2.24) is 24.6 Å². The molecule has 27 heavy (non-hydrogen) atoms. The molecular weight excluding hydrogens is 367 g/mol. The molecule has 3 heterocycles. The molecule has 0 spiro atoms. The Morgan fingerprint density at radius 1 is 1.26 bits per heavy atom. The van der Waals surface area contributed by atoms with Crippen LogP contribution in [0.5, 0.6) is 5.75 Å². The lowest BCUT2D eigenvalue weighted by Gasteiger charge is -2.04. The number of nitrogens with zero attached hydrogens (tertiary/aromatic N) is 4. The number of aromatic amines is 1. The molecule has 1 aromatic carbocycles. The second-order valence-corrected chi connectivity index (χ2v) is 5.22. The van der Waals surface area contributed by atoms with Crippen LogP contribution in [0.2, 0.25) is 0 Å². The largest absolute Gasteiger partial charge is 0.497 e. The number of aromatic nitrogens is 5. The van der Waals surface area contributed by atoms with Crippen molar-refractivity contribution in [2.45, 2.75) is 6.18 Å². The Bertz CT molecular complexity index is 1100. The van der Waals surface area contributed by atoms with E-state index < -0.39 is 12.1 Å². The van der Waals surface area contributed by atoms with Crippen LogP contribution in [0.4, 0.5) is 13.2 Å². The summed E-state index contributed by atoms with van der Waals surface area (Å²) in [6.45, 7) is 0. The monoisotopic (exact) mass is 379 g/mol. The molecule has 0 unspecified atom stereocenters. The number of carboxylic acids is 1. The average Bonchev–Trinajstić information content (AvgIpc) is 3.27. The summed E-state index contributed by atoms with van der Waals surface area (Å²) in [5.41, 5.74) is 3.42. The second-order valence-electron chi connectivity index (χ2n) is 5.22. The number of ether oxygens (including phenoxy) is 1. The molecule has 0 aliphatic heterocycles. The third kappa shape index (κ3) is 3.66. The molecule has 4 aromatic rings. The van der Waals surface area contributed by atoms with E-state index in [4.69, 9.17) is 14.6 Å². The van der Waals surface area contributed by atoms with Crippen LogP contribution in [0.1, 0.15) is 0 Å². The Kier molecular flexibility index (Phi) is 4.67. The molecule has 0 aliphatic rings. The van der Waals surface area contributed by atoms with Gasteiger partial charge in [-0.25, -0.2) is 9.78 Å². The molecule has 3 aromatic heterocycles. The van der Waals surface area contributed by atoms with Crippen molar-refractivity contribution in [3.63, 3.8) is 0 Å². The Morgan fingerprint density at radius 2 is 2.00 bits per heavy atom. The lowest BCUT2D eigenvalue weighted by atomic mass is 10.2. The van der Waals surface area contributed by atoms with Crippen LogP contribution >= 0.6 is 0 Å². The Labute approximate surface area is 149 Å². The zero-order valence-corrected chi connectivity index (χ0v) is 13.7. The molecule has 0 saturated carbocycles. The summed E-state index contributed by atoms with van der Waals surface area (Å²) in [6, 6.07) is 9.72. The fourth-order valence-corrected chi connectivity index (χ4v) is 2.33. The van der Waals surface area contributed by atoms with Gasteiger partial charge in [-0.05, 0) is 18.2 Å². The fraction of sp³-hybridized carbons (Fsp3) is 0.125. The molecular formula is C16H12F3N5O3. The highest BCUT2D eigenvalue weighted by molar-refractivity contribution is 5.77. The van der Waals surface area contributed by atoms with Crippen LogP contribution in [-0.4, -0.2) is 48.9 Å². The Hall–Kier alpha value is -3.63. The van der Waals surface area contributed by atoms with E-state index in [2.05, 4.69) is 20.2 Å². The van der Waals surface area contributed by atoms with Gasteiger partial charge in [-0.2, -0.15) is 13.2 Å². The third-order valence-electron chi connectivity index (χ3n) is 3.51. The van der Waals surface area contributed by atoms with Crippen molar-refractivity contribution in [2.75, 3.05) is 7.11 Å². The average molecular weight is 379 g/mol. The number of hydrogen-bond donors (Lipinski definition) is 2. The van der Waals surface area contributed by atoms with Crippen molar-refractivity contribution in [2.24, 2.45) is 0 Å². The van der Waals surface area contributed by atoms with E-state index in [0.29, 0.717) is 0 Å². The lowest BCUT2D eigenvalue weighted by molar-refractivity contribution is -0.192. The van der Waals surface area contributed by atoms with Crippen LogP contribution in [0.25, 0.3) is 28.2 Å². The first-order chi connectivity index (χ1) is 12.8. The molecule has 0 amide bonds. The maximum absolute atomic E-state index is 10.6. The van der Waals surface area contributed by atoms with Gasteiger partial charge < -0.3 is 14.8 Å². The van der Waals surface area contributed by atoms with Crippen LogP contribution in [0.15, 0.2) is 42.7 Å². The van der Waals surface area contributed by atoms with E-state index in [-0.39, 0.29) is 0 Å². The summed E-state index contributed by atoms with van der Waals surface area (Å²) in [4.78, 5) is 16.3. The predicted molar refractivity (Wildman–Crippen MR) is 88.3 cm³/mol. The predicted octanol–water partition coefficient (Wildman–Crippen LogP) is 2.91. The standard InChI is InChI=1S/C14H11N5O.C2HF3O2/c1-20-10-4-2-3-9(7-10)14-18-17-12-8-16-13-11(19(12)14)5-6-15-13;3-2(4,5)1(6)7/h2-8,15H,1H3;(H,6,7). The fourth-order valence-electron chi connectivity index (χ4n) is 2.33. The summed E-state index contributed by atoms with van der Waals surface area (Å²) in [6.07, 6.45) is -1.53. The van der Waals surface area contributed by atoms with Crippen LogP contribution in [0, 0.1) is 0 Å². The summed E-state index contributed by atoms with van der Waals surface area (Å²) in [7, 11) is 1.65. The summed E-state index contributed by atoms with van der Waals surface area (Å²) >= 11 is 0. The number of benzene rings is 1. The van der Waals surface area contributed by atoms with E-state index in [1.54, 1.807) is 13.3 Å². The van der Waals surface area contributed by atoms with E-state index >= 15 is 0 Å². The minimum absolute atomic E-state index is 0.718. The maximum Gasteiger partial charge on any atom is 0.490 e. The molecule has 0 fully saturated rings. The summed E-state index contributed by atoms with van der Waals surface area (Å²) in [5, 5.41) is 15.6. The van der Waals surface area contributed by atoms with Gasteiger partial charge in [-0.3, -0.25) is 4.40 Å². The third-order valence-corrected chi connectivity index (χ3v) is 3.51. The van der Waals surface area contributed by atoms with Gasteiger partial charge in [0.1, 0.15) is 5.75 Å². The van der Waals surface area contributed by atoms with Gasteiger partial charge in [-0.15, -0.1) is 10.2 Å². The number of methoxy groups -OCH3 is 1. The number of alkyl halides is 3. The lowest BCUT2D eigenvalue weighted by Crippen LogP contribution is -2.21. The number of H-pyrrole nitrogens is 1. The maximum atomic E-state index is 10.6.